The van der Waals surface area contributed by atoms with Gasteiger partial charge in [0.2, 0.25) is 5.91 Å². The fourth-order valence-electron chi connectivity index (χ4n) is 5.15. The Kier molecular flexibility index (Phi) is 9.22. The van der Waals surface area contributed by atoms with Crippen LogP contribution in [0, 0.1) is 23.6 Å². The third-order valence-corrected chi connectivity index (χ3v) is 7.71. The smallest absolute Gasteiger partial charge is 0.303 e. The van der Waals surface area contributed by atoms with Crippen molar-refractivity contribution in [3.05, 3.63) is 35.1 Å². The van der Waals surface area contributed by atoms with E-state index in [1.54, 1.807) is 38.8 Å². The molecule has 0 aliphatic carbocycles. The second kappa shape index (κ2) is 12.0. The molecule has 0 spiro atoms. The molecule has 9 heteroatoms. The van der Waals surface area contributed by atoms with Crippen molar-refractivity contribution < 1.29 is 23.9 Å². The van der Waals surface area contributed by atoms with Crippen LogP contribution in [0.15, 0.2) is 23.2 Å². The molecule has 1 aromatic rings. The van der Waals surface area contributed by atoms with E-state index >= 15 is 4.39 Å². The molecule has 8 nitrogen and oxygen atoms in total. The highest BCUT2D eigenvalue weighted by molar-refractivity contribution is 6.03. The third kappa shape index (κ3) is 6.69. The number of aliphatic carboxylic acids is 1. The van der Waals surface area contributed by atoms with Gasteiger partial charge < -0.3 is 20.6 Å². The van der Waals surface area contributed by atoms with Crippen LogP contribution in [0.1, 0.15) is 68.8 Å². The molecule has 2 unspecified atom stereocenters. The van der Waals surface area contributed by atoms with Gasteiger partial charge in [0, 0.05) is 50.3 Å². The molecule has 0 bridgehead atoms. The molecule has 3 N–H and O–H groups in total. The van der Waals surface area contributed by atoms with Crippen molar-refractivity contribution in [2.75, 3.05) is 33.2 Å². The second-order valence-electron chi connectivity index (χ2n) is 10.6. The van der Waals surface area contributed by atoms with Crippen LogP contribution in [0.25, 0.3) is 0 Å². The summed E-state index contributed by atoms with van der Waals surface area (Å²) in [6, 6.07) is 4.59. The van der Waals surface area contributed by atoms with Crippen molar-refractivity contribution in [1.82, 2.24) is 15.5 Å². The number of carboxylic acids is 1. The topological polar surface area (TPSA) is 111 Å². The molecule has 2 aliphatic heterocycles. The zero-order valence-corrected chi connectivity index (χ0v) is 21.8. The number of likely N-dealkylation sites (tertiary alicyclic amines) is 1. The van der Waals surface area contributed by atoms with Gasteiger partial charge in [0.05, 0.1) is 11.5 Å². The van der Waals surface area contributed by atoms with Crippen molar-refractivity contribution in [3.63, 3.8) is 0 Å². The summed E-state index contributed by atoms with van der Waals surface area (Å²) in [5.41, 5.74) is 0.522. The van der Waals surface area contributed by atoms with E-state index in [4.69, 9.17) is 5.11 Å². The Bertz CT molecular complexity index is 995. The van der Waals surface area contributed by atoms with Crippen LogP contribution in [-0.4, -0.2) is 72.3 Å². The number of amides is 2. The van der Waals surface area contributed by atoms with Gasteiger partial charge >= 0.3 is 5.97 Å². The average Bonchev–Trinajstić information content (AvgIpc) is 2.84. The van der Waals surface area contributed by atoms with Gasteiger partial charge in [-0.1, -0.05) is 13.0 Å². The number of rotatable bonds is 8. The molecule has 2 saturated heterocycles. The van der Waals surface area contributed by atoms with Gasteiger partial charge in [0.1, 0.15) is 5.82 Å². The molecular weight excluding hydrogens is 463 g/mol. The summed E-state index contributed by atoms with van der Waals surface area (Å²) < 4.78 is 15.1. The van der Waals surface area contributed by atoms with Crippen molar-refractivity contribution in [2.24, 2.45) is 22.7 Å². The Hall–Kier alpha value is -2.81. The molecule has 2 aliphatic rings. The lowest BCUT2D eigenvalue weighted by Crippen LogP contribution is -2.54. The van der Waals surface area contributed by atoms with E-state index in [9.17, 15) is 14.4 Å². The SMILES string of the molecule is CN=C(c1ccc(C(=O)NC(C)(C)C(C)C(=O)N2CCC(CC(=O)O)CC2)c(F)c1)C1CCCNC1. The number of carbonyl (C=O) groups is 3. The maximum Gasteiger partial charge on any atom is 0.303 e. The zero-order chi connectivity index (χ0) is 26.5. The average molecular weight is 503 g/mol. The fraction of sp³-hybridized carbons (Fsp3) is 0.630. The summed E-state index contributed by atoms with van der Waals surface area (Å²) in [6.45, 7) is 8.05. The number of piperidine rings is 2. The van der Waals surface area contributed by atoms with Crippen LogP contribution in [0.3, 0.4) is 0 Å². The van der Waals surface area contributed by atoms with E-state index in [1.807, 2.05) is 0 Å². The number of nitrogens with one attached hydrogen (secondary N) is 2. The molecule has 36 heavy (non-hydrogen) atoms. The van der Waals surface area contributed by atoms with Crippen LogP contribution in [0.4, 0.5) is 4.39 Å². The van der Waals surface area contributed by atoms with Gasteiger partial charge in [0.25, 0.3) is 5.91 Å². The van der Waals surface area contributed by atoms with Crippen molar-refractivity contribution in [2.45, 2.75) is 58.4 Å². The maximum atomic E-state index is 15.1. The van der Waals surface area contributed by atoms with Gasteiger partial charge in [-0.15, -0.1) is 0 Å². The quantitative estimate of drug-likeness (QED) is 0.473. The highest BCUT2D eigenvalue weighted by atomic mass is 19.1. The van der Waals surface area contributed by atoms with Gasteiger partial charge in [0.15, 0.2) is 0 Å². The minimum Gasteiger partial charge on any atom is -0.481 e. The highest BCUT2D eigenvalue weighted by Crippen LogP contribution is 2.26. The standard InChI is InChI=1S/C27H39FN4O4/c1-17(26(36)32-12-9-18(10-13-32)14-23(33)34)27(2,3)31-25(35)21-8-7-19(15-22(21)28)24(29-4)20-6-5-11-30-16-20/h7-8,15,17-18,20,30H,5-6,9-14,16H2,1-4H3,(H,31,35)(H,33,34). The van der Waals surface area contributed by atoms with Gasteiger partial charge in [-0.05, 0) is 69.7 Å². The predicted octanol–water partition coefficient (Wildman–Crippen LogP) is 3.10. The largest absolute Gasteiger partial charge is 0.481 e. The number of nitrogens with zero attached hydrogens (tertiary/aromatic N) is 2. The Balaban J connectivity index is 1.64. The Labute approximate surface area is 212 Å². The summed E-state index contributed by atoms with van der Waals surface area (Å²) in [5.74, 6) is -2.37. The third-order valence-electron chi connectivity index (χ3n) is 7.71. The monoisotopic (exact) mass is 502 g/mol. The van der Waals surface area contributed by atoms with E-state index in [1.165, 1.54) is 12.1 Å². The first kappa shape index (κ1) is 27.8. The second-order valence-corrected chi connectivity index (χ2v) is 10.6. The molecule has 1 aromatic carbocycles. The molecule has 2 heterocycles. The molecule has 2 fully saturated rings. The number of aliphatic imine (C=N–C) groups is 1. The normalized spacial score (nSPS) is 20.6. The van der Waals surface area contributed by atoms with Crippen LogP contribution in [0.2, 0.25) is 0 Å². The first-order valence-electron chi connectivity index (χ1n) is 12.8. The van der Waals surface area contributed by atoms with Crippen LogP contribution in [0.5, 0.6) is 0 Å². The first-order valence-corrected chi connectivity index (χ1v) is 12.8. The summed E-state index contributed by atoms with van der Waals surface area (Å²) in [5, 5.41) is 15.2. The van der Waals surface area contributed by atoms with Crippen LogP contribution >= 0.6 is 0 Å². The number of carboxylic acid groups (broad SMARTS) is 1. The van der Waals surface area contributed by atoms with Gasteiger partial charge in [-0.2, -0.15) is 0 Å². The Morgan fingerprint density at radius 1 is 1.25 bits per heavy atom. The highest BCUT2D eigenvalue weighted by Gasteiger charge is 2.37. The number of hydrogen-bond donors (Lipinski definition) is 3. The molecule has 2 amide bonds. The summed E-state index contributed by atoms with van der Waals surface area (Å²) >= 11 is 0. The minimum absolute atomic E-state index is 0.0711. The van der Waals surface area contributed by atoms with Crippen molar-refractivity contribution in [3.8, 4) is 0 Å². The predicted molar refractivity (Wildman–Crippen MR) is 137 cm³/mol. The molecule has 0 aromatic heterocycles. The molecule has 0 saturated carbocycles. The van der Waals surface area contributed by atoms with Crippen molar-refractivity contribution >= 4 is 23.5 Å². The van der Waals surface area contributed by atoms with Gasteiger partial charge in [-0.3, -0.25) is 19.4 Å². The van der Waals surface area contributed by atoms with E-state index in [0.29, 0.717) is 31.5 Å². The van der Waals surface area contributed by atoms with Crippen LogP contribution in [-0.2, 0) is 9.59 Å². The van der Waals surface area contributed by atoms with Crippen LogP contribution < -0.4 is 10.6 Å². The molecule has 3 rings (SSSR count). The summed E-state index contributed by atoms with van der Waals surface area (Å²) in [7, 11) is 1.71. The minimum atomic E-state index is -0.916. The van der Waals surface area contributed by atoms with E-state index in [2.05, 4.69) is 15.6 Å². The van der Waals surface area contributed by atoms with E-state index < -0.39 is 29.2 Å². The molecule has 2 atom stereocenters. The Morgan fingerprint density at radius 3 is 2.50 bits per heavy atom. The number of hydrogen-bond acceptors (Lipinski definition) is 5. The lowest BCUT2D eigenvalue weighted by molar-refractivity contribution is -0.140. The summed E-state index contributed by atoms with van der Waals surface area (Å²) in [4.78, 5) is 43.2. The summed E-state index contributed by atoms with van der Waals surface area (Å²) in [6.07, 6.45) is 3.44. The Morgan fingerprint density at radius 2 is 1.94 bits per heavy atom. The zero-order valence-electron chi connectivity index (χ0n) is 21.8. The molecule has 198 valence electrons. The fourth-order valence-corrected chi connectivity index (χ4v) is 5.15. The first-order chi connectivity index (χ1) is 17.0. The van der Waals surface area contributed by atoms with Crippen molar-refractivity contribution in [1.29, 1.82) is 0 Å². The maximum absolute atomic E-state index is 15.1. The number of carbonyl (C=O) groups excluding carboxylic acids is 2. The van der Waals surface area contributed by atoms with Gasteiger partial charge in [-0.25, -0.2) is 4.39 Å². The molecular formula is C27H39FN4O4. The van der Waals surface area contributed by atoms with E-state index in [0.717, 1.165) is 31.6 Å². The number of halogens is 1. The lowest BCUT2D eigenvalue weighted by Gasteiger charge is -2.38. The molecule has 0 radical (unpaired) electrons. The lowest BCUT2D eigenvalue weighted by atomic mass is 9.85. The number of benzene rings is 1. The van der Waals surface area contributed by atoms with E-state index in [-0.39, 0.29) is 29.7 Å².